The Morgan fingerprint density at radius 3 is 2.94 bits per heavy atom. The van der Waals surface area contributed by atoms with Gasteiger partial charge in [0.2, 0.25) is 0 Å². The zero-order valence-corrected chi connectivity index (χ0v) is 10.00. The number of ether oxygens (including phenoxy) is 1. The summed E-state index contributed by atoms with van der Waals surface area (Å²) in [4.78, 5) is 0. The van der Waals surface area contributed by atoms with Crippen molar-refractivity contribution in [3.8, 4) is 5.75 Å². The van der Waals surface area contributed by atoms with Crippen molar-refractivity contribution in [3.05, 3.63) is 42.0 Å². The summed E-state index contributed by atoms with van der Waals surface area (Å²) in [6.07, 6.45) is 1.65. The fourth-order valence-electron chi connectivity index (χ4n) is 1.47. The zero-order valence-electron chi connectivity index (χ0n) is 10.00. The Bertz CT molecular complexity index is 493. The van der Waals surface area contributed by atoms with Gasteiger partial charge in [0.25, 0.3) is 0 Å². The molecular weight excluding hydrogens is 216 g/mol. The second-order valence-corrected chi connectivity index (χ2v) is 4.01. The highest BCUT2D eigenvalue weighted by Crippen LogP contribution is 2.18. The van der Waals surface area contributed by atoms with Crippen LogP contribution in [0.4, 0.5) is 0 Å². The SMILES string of the molecule is C[C@H](N)c1cccc(OCc2nncn2C)c1. The normalized spacial score (nSPS) is 12.4. The Labute approximate surface area is 100 Å². The highest BCUT2D eigenvalue weighted by atomic mass is 16.5. The molecule has 1 aromatic carbocycles. The summed E-state index contributed by atoms with van der Waals surface area (Å²) in [5, 5.41) is 7.74. The molecule has 0 bridgehead atoms. The molecule has 0 aliphatic heterocycles. The van der Waals surface area contributed by atoms with Gasteiger partial charge in [-0.1, -0.05) is 12.1 Å². The molecule has 0 unspecified atom stereocenters. The van der Waals surface area contributed by atoms with Crippen LogP contribution in [0.5, 0.6) is 5.75 Å². The lowest BCUT2D eigenvalue weighted by molar-refractivity contribution is 0.291. The van der Waals surface area contributed by atoms with Gasteiger partial charge in [-0.05, 0) is 24.6 Å². The lowest BCUT2D eigenvalue weighted by Crippen LogP contribution is -2.06. The minimum atomic E-state index is 0.00776. The van der Waals surface area contributed by atoms with Gasteiger partial charge in [0.15, 0.2) is 5.82 Å². The van der Waals surface area contributed by atoms with Gasteiger partial charge in [0, 0.05) is 13.1 Å². The van der Waals surface area contributed by atoms with Crippen LogP contribution in [0.1, 0.15) is 24.4 Å². The summed E-state index contributed by atoms with van der Waals surface area (Å²) in [5.41, 5.74) is 6.87. The molecule has 1 aromatic heterocycles. The largest absolute Gasteiger partial charge is 0.486 e. The number of nitrogens with zero attached hydrogens (tertiary/aromatic N) is 3. The molecule has 0 radical (unpaired) electrons. The average Bonchev–Trinajstić information content (AvgIpc) is 2.72. The summed E-state index contributed by atoms with van der Waals surface area (Å²) < 4.78 is 7.47. The maximum atomic E-state index is 5.82. The van der Waals surface area contributed by atoms with E-state index in [4.69, 9.17) is 10.5 Å². The number of hydrogen-bond acceptors (Lipinski definition) is 4. The van der Waals surface area contributed by atoms with Gasteiger partial charge in [0.05, 0.1) is 0 Å². The summed E-state index contributed by atoms with van der Waals surface area (Å²) in [6, 6.07) is 7.78. The Morgan fingerprint density at radius 1 is 1.47 bits per heavy atom. The van der Waals surface area contributed by atoms with Crippen molar-refractivity contribution < 1.29 is 4.74 Å². The minimum absolute atomic E-state index is 0.00776. The van der Waals surface area contributed by atoms with Gasteiger partial charge in [-0.2, -0.15) is 0 Å². The summed E-state index contributed by atoms with van der Waals surface area (Å²) in [6.45, 7) is 2.35. The maximum Gasteiger partial charge on any atom is 0.170 e. The molecule has 5 heteroatoms. The Kier molecular flexibility index (Phi) is 3.39. The third-order valence-electron chi connectivity index (χ3n) is 2.56. The van der Waals surface area contributed by atoms with Crippen LogP contribution in [0.3, 0.4) is 0 Å². The first-order valence-corrected chi connectivity index (χ1v) is 5.48. The molecule has 1 atom stereocenters. The van der Waals surface area contributed by atoms with Crippen molar-refractivity contribution in [2.24, 2.45) is 12.8 Å². The van der Waals surface area contributed by atoms with E-state index in [1.54, 1.807) is 6.33 Å². The molecule has 0 saturated carbocycles. The Balaban J connectivity index is 2.04. The van der Waals surface area contributed by atoms with E-state index in [1.165, 1.54) is 0 Å². The molecule has 0 aliphatic carbocycles. The second kappa shape index (κ2) is 4.97. The van der Waals surface area contributed by atoms with Gasteiger partial charge in [-0.25, -0.2) is 0 Å². The van der Waals surface area contributed by atoms with E-state index in [0.29, 0.717) is 6.61 Å². The molecule has 5 nitrogen and oxygen atoms in total. The van der Waals surface area contributed by atoms with Gasteiger partial charge in [-0.15, -0.1) is 10.2 Å². The lowest BCUT2D eigenvalue weighted by Gasteiger charge is -2.09. The van der Waals surface area contributed by atoms with Crippen molar-refractivity contribution in [1.82, 2.24) is 14.8 Å². The van der Waals surface area contributed by atoms with E-state index in [0.717, 1.165) is 17.1 Å². The first-order chi connectivity index (χ1) is 8.16. The number of nitrogens with two attached hydrogens (primary N) is 1. The van der Waals surface area contributed by atoms with Gasteiger partial charge in [-0.3, -0.25) is 0 Å². The molecule has 0 aliphatic rings. The van der Waals surface area contributed by atoms with Crippen LogP contribution in [0.25, 0.3) is 0 Å². The van der Waals surface area contributed by atoms with E-state index < -0.39 is 0 Å². The molecule has 2 N–H and O–H groups in total. The zero-order chi connectivity index (χ0) is 12.3. The second-order valence-electron chi connectivity index (χ2n) is 4.01. The van der Waals surface area contributed by atoms with Crippen LogP contribution in [-0.4, -0.2) is 14.8 Å². The van der Waals surface area contributed by atoms with Gasteiger partial charge in [0.1, 0.15) is 18.7 Å². The van der Waals surface area contributed by atoms with Crippen LogP contribution in [0, 0.1) is 0 Å². The minimum Gasteiger partial charge on any atom is -0.486 e. The van der Waals surface area contributed by atoms with Crippen LogP contribution in [0.2, 0.25) is 0 Å². The van der Waals surface area contributed by atoms with E-state index in [9.17, 15) is 0 Å². The monoisotopic (exact) mass is 232 g/mol. The Hall–Kier alpha value is -1.88. The quantitative estimate of drug-likeness (QED) is 0.865. The molecule has 0 fully saturated rings. The predicted octanol–water partition coefficient (Wildman–Crippen LogP) is 1.41. The van der Waals surface area contributed by atoms with Crippen LogP contribution >= 0.6 is 0 Å². The molecule has 17 heavy (non-hydrogen) atoms. The van der Waals surface area contributed by atoms with Gasteiger partial charge >= 0.3 is 0 Å². The molecule has 0 amide bonds. The van der Waals surface area contributed by atoms with E-state index >= 15 is 0 Å². The number of rotatable bonds is 4. The molecule has 2 rings (SSSR count). The standard InChI is InChI=1S/C12H16N4O/c1-9(13)10-4-3-5-11(6-10)17-7-12-15-14-8-16(12)2/h3-6,8-9H,7,13H2,1-2H3/t9-/m0/s1. The third-order valence-corrected chi connectivity index (χ3v) is 2.56. The topological polar surface area (TPSA) is 66.0 Å². The fourth-order valence-corrected chi connectivity index (χ4v) is 1.47. The first-order valence-electron chi connectivity index (χ1n) is 5.48. The third kappa shape index (κ3) is 2.82. The molecule has 0 spiro atoms. The molecule has 2 aromatic rings. The predicted molar refractivity (Wildman–Crippen MR) is 64.4 cm³/mol. The van der Waals surface area contributed by atoms with E-state index in [-0.39, 0.29) is 6.04 Å². The van der Waals surface area contributed by atoms with Crippen molar-refractivity contribution in [1.29, 1.82) is 0 Å². The highest BCUT2D eigenvalue weighted by molar-refractivity contribution is 5.30. The summed E-state index contributed by atoms with van der Waals surface area (Å²) in [7, 11) is 1.89. The van der Waals surface area contributed by atoms with Crippen LogP contribution in [0.15, 0.2) is 30.6 Å². The van der Waals surface area contributed by atoms with Crippen molar-refractivity contribution >= 4 is 0 Å². The molecular formula is C12H16N4O. The molecule has 0 saturated heterocycles. The van der Waals surface area contributed by atoms with Crippen molar-refractivity contribution in [2.45, 2.75) is 19.6 Å². The first kappa shape index (κ1) is 11.6. The number of aryl methyl sites for hydroxylation is 1. The van der Waals surface area contributed by atoms with Crippen molar-refractivity contribution in [2.75, 3.05) is 0 Å². The highest BCUT2D eigenvalue weighted by Gasteiger charge is 2.04. The van der Waals surface area contributed by atoms with Gasteiger partial charge < -0.3 is 15.0 Å². The summed E-state index contributed by atoms with van der Waals surface area (Å²) in [5.74, 6) is 1.58. The maximum absolute atomic E-state index is 5.82. The smallest absolute Gasteiger partial charge is 0.170 e. The average molecular weight is 232 g/mol. The number of hydrogen-bond donors (Lipinski definition) is 1. The Morgan fingerprint density at radius 2 is 2.29 bits per heavy atom. The van der Waals surface area contributed by atoms with E-state index in [1.807, 2.05) is 42.8 Å². The number of aromatic nitrogens is 3. The molecule has 90 valence electrons. The molecule has 1 heterocycles. The fraction of sp³-hybridized carbons (Fsp3) is 0.333. The van der Waals surface area contributed by atoms with Crippen LogP contribution < -0.4 is 10.5 Å². The van der Waals surface area contributed by atoms with Crippen molar-refractivity contribution in [3.63, 3.8) is 0 Å². The summed E-state index contributed by atoms with van der Waals surface area (Å²) >= 11 is 0. The van der Waals surface area contributed by atoms with Crippen LogP contribution in [-0.2, 0) is 13.7 Å². The number of benzene rings is 1. The lowest BCUT2D eigenvalue weighted by atomic mass is 10.1. The van der Waals surface area contributed by atoms with E-state index in [2.05, 4.69) is 10.2 Å².